The molecule has 0 spiro atoms. The highest BCUT2D eigenvalue weighted by atomic mass is 127. The fourth-order valence-corrected chi connectivity index (χ4v) is 4.97. The molecule has 0 unspecified atom stereocenters. The molecule has 0 fully saturated rings. The van der Waals surface area contributed by atoms with E-state index in [1.165, 1.54) is 22.9 Å². The lowest BCUT2D eigenvalue weighted by Gasteiger charge is -2.23. The van der Waals surface area contributed by atoms with Gasteiger partial charge in [-0.3, -0.25) is 9.59 Å². The first-order valence-electron chi connectivity index (χ1n) is 12.9. The van der Waals surface area contributed by atoms with E-state index in [4.69, 9.17) is 20.3 Å². The summed E-state index contributed by atoms with van der Waals surface area (Å²) in [5.41, 5.74) is 8.34. The number of halogens is 2. The molecule has 1 aliphatic heterocycles. The van der Waals surface area contributed by atoms with Gasteiger partial charge in [0.15, 0.2) is 11.6 Å². The number of aromatic amines is 1. The van der Waals surface area contributed by atoms with Crippen molar-refractivity contribution >= 4 is 51.2 Å². The van der Waals surface area contributed by atoms with Crippen LogP contribution in [0.2, 0.25) is 0 Å². The summed E-state index contributed by atoms with van der Waals surface area (Å²) in [6, 6.07) is 19.3. The molecule has 0 aliphatic carbocycles. The zero-order chi connectivity index (χ0) is 29.4. The minimum Gasteiger partial charge on any atom is -0.484 e. The number of para-hydroxylation sites is 1. The van der Waals surface area contributed by atoms with Gasteiger partial charge in [0.05, 0.1) is 11.4 Å². The average Bonchev–Trinajstić information content (AvgIpc) is 3.32. The lowest BCUT2D eigenvalue weighted by molar-refractivity contribution is -0.112. The van der Waals surface area contributed by atoms with Crippen molar-refractivity contribution in [1.82, 2.24) is 17.9 Å². The SMILES string of the molecule is CN(I)C/C=C/C(=O)Nc1c(F)ccc2c1OCc1[nH]c(=O)c3c(N)n(-c4ccc(Oc5ccccc5)cc4)nc3c1-2. The van der Waals surface area contributed by atoms with E-state index >= 15 is 0 Å². The fourth-order valence-electron chi connectivity index (χ4n) is 4.75. The van der Waals surface area contributed by atoms with Crippen LogP contribution in [0.25, 0.3) is 27.7 Å². The summed E-state index contributed by atoms with van der Waals surface area (Å²) in [4.78, 5) is 28.5. The maximum Gasteiger partial charge on any atom is 0.261 e. The van der Waals surface area contributed by atoms with E-state index in [0.717, 1.165) is 0 Å². The van der Waals surface area contributed by atoms with Crippen LogP contribution < -0.4 is 26.1 Å². The van der Waals surface area contributed by atoms with Gasteiger partial charge in [-0.1, -0.05) is 24.3 Å². The summed E-state index contributed by atoms with van der Waals surface area (Å²) in [6.45, 7) is 0.471. The number of rotatable bonds is 7. The van der Waals surface area contributed by atoms with Gasteiger partial charge >= 0.3 is 0 Å². The van der Waals surface area contributed by atoms with Crippen molar-refractivity contribution < 1.29 is 18.7 Å². The molecule has 1 aliphatic rings. The second-order valence-electron chi connectivity index (χ2n) is 9.50. The first-order chi connectivity index (χ1) is 20.3. The van der Waals surface area contributed by atoms with Crippen LogP contribution in [0.4, 0.5) is 15.9 Å². The van der Waals surface area contributed by atoms with E-state index in [2.05, 4.69) is 33.2 Å². The molecule has 1 amide bonds. The number of nitrogens with one attached hydrogen (secondary N) is 2. The number of hydrogen-bond acceptors (Lipinski definition) is 7. The first-order valence-corrected chi connectivity index (χ1v) is 13.8. The van der Waals surface area contributed by atoms with E-state index in [9.17, 15) is 14.0 Å². The van der Waals surface area contributed by atoms with Crippen LogP contribution in [0.15, 0.2) is 83.7 Å². The molecule has 0 radical (unpaired) electrons. The molecule has 6 rings (SSSR count). The van der Waals surface area contributed by atoms with Crippen LogP contribution >= 0.6 is 22.9 Å². The molecule has 0 bridgehead atoms. The number of likely N-dealkylation sites (N-methyl/N-ethyl adjacent to an activating group) is 1. The predicted molar refractivity (Wildman–Crippen MR) is 167 cm³/mol. The molecule has 4 N–H and O–H groups in total. The number of benzene rings is 3. The number of ether oxygens (including phenoxy) is 2. The highest BCUT2D eigenvalue weighted by Gasteiger charge is 2.29. The van der Waals surface area contributed by atoms with Crippen LogP contribution in [0, 0.1) is 5.82 Å². The van der Waals surface area contributed by atoms with E-state index in [1.54, 1.807) is 30.3 Å². The molecule has 0 saturated carbocycles. The third-order valence-corrected chi connectivity index (χ3v) is 7.02. The van der Waals surface area contributed by atoms with Gasteiger partial charge in [0, 0.05) is 46.6 Å². The number of hydrogen-bond donors (Lipinski definition) is 3. The van der Waals surface area contributed by atoms with Crippen LogP contribution in [-0.4, -0.2) is 37.4 Å². The number of fused-ring (bicyclic) bond motifs is 5. The van der Waals surface area contributed by atoms with Gasteiger partial charge in [-0.15, -0.1) is 0 Å². The van der Waals surface area contributed by atoms with Gasteiger partial charge in [0.2, 0.25) is 5.91 Å². The van der Waals surface area contributed by atoms with Gasteiger partial charge in [-0.25, -0.2) is 12.2 Å². The van der Waals surface area contributed by atoms with Crippen molar-refractivity contribution in [2.45, 2.75) is 6.61 Å². The number of aromatic nitrogens is 3. The van der Waals surface area contributed by atoms with Crippen molar-refractivity contribution in [1.29, 1.82) is 0 Å². The van der Waals surface area contributed by atoms with E-state index < -0.39 is 17.3 Å². The second-order valence-corrected chi connectivity index (χ2v) is 11.2. The Morgan fingerprint density at radius 2 is 1.93 bits per heavy atom. The first kappa shape index (κ1) is 27.5. The maximum atomic E-state index is 15.0. The van der Waals surface area contributed by atoms with Crippen LogP contribution in [0.1, 0.15) is 5.69 Å². The molecular weight excluding hydrogens is 654 g/mol. The number of pyridine rings is 1. The molecule has 0 atom stereocenters. The zero-order valence-corrected chi connectivity index (χ0v) is 24.4. The number of carbonyl (C=O) groups excluding carboxylic acids is 1. The van der Waals surface area contributed by atoms with Crippen LogP contribution in [0.3, 0.4) is 0 Å². The number of nitrogen functional groups attached to an aromatic ring is 1. The summed E-state index contributed by atoms with van der Waals surface area (Å²) in [6.07, 6.45) is 2.99. The van der Waals surface area contributed by atoms with Gasteiger partial charge in [-0.2, -0.15) is 5.10 Å². The van der Waals surface area contributed by atoms with Crippen LogP contribution in [-0.2, 0) is 11.4 Å². The standard InChI is InChI=1S/C30H24FIN6O4/c1-37(32)15-5-8-23(39)35-26-21(31)14-13-20-24-22(16-41-28(20)26)34-30(40)25-27(24)36-38(29(25)33)17-9-11-19(12-10-17)42-18-6-3-2-4-7-18/h2-14H,15-16,33H2,1H3,(H,34,40)(H,35,39)/b8-5+. The molecule has 3 aromatic carbocycles. The van der Waals surface area contributed by atoms with E-state index in [0.29, 0.717) is 46.1 Å². The zero-order valence-electron chi connectivity index (χ0n) is 22.2. The summed E-state index contributed by atoms with van der Waals surface area (Å²) in [5, 5.41) is 7.49. The molecule has 0 saturated heterocycles. The van der Waals surface area contributed by atoms with Gasteiger partial charge in [0.25, 0.3) is 5.56 Å². The normalized spacial score (nSPS) is 12.3. The largest absolute Gasteiger partial charge is 0.484 e. The quantitative estimate of drug-likeness (QED) is 0.117. The van der Waals surface area contributed by atoms with Crippen molar-refractivity contribution in [3.8, 4) is 34.1 Å². The summed E-state index contributed by atoms with van der Waals surface area (Å²) in [7, 11) is 1.86. The topological polar surface area (TPSA) is 128 Å². The summed E-state index contributed by atoms with van der Waals surface area (Å²) < 4.78 is 30.0. The monoisotopic (exact) mass is 678 g/mol. The van der Waals surface area contributed by atoms with E-state index in [-0.39, 0.29) is 29.2 Å². The van der Waals surface area contributed by atoms with Crippen molar-refractivity contribution in [3.63, 3.8) is 0 Å². The maximum absolute atomic E-state index is 15.0. The predicted octanol–water partition coefficient (Wildman–Crippen LogP) is 5.56. The van der Waals surface area contributed by atoms with Gasteiger partial charge in [-0.05, 0) is 55.6 Å². The Morgan fingerprint density at radius 1 is 1.19 bits per heavy atom. The number of nitrogens with two attached hydrogens (primary N) is 1. The molecule has 5 aromatic rings. The second kappa shape index (κ2) is 11.3. The Morgan fingerprint density at radius 3 is 2.67 bits per heavy atom. The Kier molecular flexibility index (Phi) is 7.39. The summed E-state index contributed by atoms with van der Waals surface area (Å²) >= 11 is 2.09. The molecule has 3 heterocycles. The fraction of sp³-hybridized carbons (Fsp3) is 0.100. The lowest BCUT2D eigenvalue weighted by atomic mass is 9.97. The molecule has 42 heavy (non-hydrogen) atoms. The Balaban J connectivity index is 1.40. The Hall–Kier alpha value is -4.69. The number of amides is 1. The Bertz CT molecular complexity index is 1900. The highest BCUT2D eigenvalue weighted by Crippen LogP contribution is 2.45. The molecular formula is C30H24FIN6O4. The Labute approximate surface area is 253 Å². The molecule has 12 heteroatoms. The average molecular weight is 678 g/mol. The third-order valence-electron chi connectivity index (χ3n) is 6.62. The minimum atomic E-state index is -0.659. The number of anilines is 2. The van der Waals surface area contributed by atoms with Gasteiger partial charge in [0.1, 0.15) is 40.5 Å². The number of nitrogens with zero attached hydrogens (tertiary/aromatic N) is 3. The highest BCUT2D eigenvalue weighted by molar-refractivity contribution is 14.1. The molecule has 212 valence electrons. The lowest BCUT2D eigenvalue weighted by Crippen LogP contribution is -2.18. The van der Waals surface area contributed by atoms with E-state index in [1.807, 2.05) is 40.5 Å². The van der Waals surface area contributed by atoms with Crippen LogP contribution in [0.5, 0.6) is 17.2 Å². The van der Waals surface area contributed by atoms with Crippen molar-refractivity contribution in [2.75, 3.05) is 24.6 Å². The smallest absolute Gasteiger partial charge is 0.261 e. The third kappa shape index (κ3) is 5.21. The molecule has 10 nitrogen and oxygen atoms in total. The van der Waals surface area contributed by atoms with Gasteiger partial charge < -0.3 is 25.5 Å². The van der Waals surface area contributed by atoms with Crippen molar-refractivity contribution in [3.05, 3.63) is 101 Å². The summed E-state index contributed by atoms with van der Waals surface area (Å²) in [5.74, 6) is 0.432. The molecule has 2 aromatic heterocycles. The minimum absolute atomic E-state index is 0.0619. The number of carbonyl (C=O) groups is 1. The van der Waals surface area contributed by atoms with Crippen molar-refractivity contribution in [2.24, 2.45) is 0 Å². The number of H-pyrrole nitrogens is 1.